The zero-order valence-electron chi connectivity index (χ0n) is 14.5. The highest BCUT2D eigenvalue weighted by Crippen LogP contribution is 2.50. The van der Waals surface area contributed by atoms with Crippen molar-refractivity contribution in [2.75, 3.05) is 19.2 Å². The second-order valence-electron chi connectivity index (χ2n) is 5.83. The largest absolute Gasteiger partial charge is 0.492 e. The third-order valence-corrected chi connectivity index (χ3v) is 4.14. The molecule has 0 fully saturated rings. The van der Waals surface area contributed by atoms with Crippen LogP contribution in [0.3, 0.4) is 0 Å². The molecule has 1 N–H and O–H groups in total. The number of fused-ring (bicyclic) bond motifs is 1. The number of anilines is 1. The number of carbonyl (C=O) groups excluding carboxylic acids is 1. The predicted molar refractivity (Wildman–Crippen MR) is 93.3 cm³/mol. The van der Waals surface area contributed by atoms with E-state index in [1.807, 2.05) is 25.1 Å². The number of benzene rings is 2. The van der Waals surface area contributed by atoms with Gasteiger partial charge in [-0.3, -0.25) is 4.79 Å². The molecule has 6 nitrogen and oxygen atoms in total. The van der Waals surface area contributed by atoms with Crippen LogP contribution in [0.5, 0.6) is 17.2 Å². The third kappa shape index (κ3) is 3.39. The van der Waals surface area contributed by atoms with Crippen molar-refractivity contribution in [3.63, 3.8) is 0 Å². The highest BCUT2D eigenvalue weighted by molar-refractivity contribution is 6.02. The van der Waals surface area contributed by atoms with Gasteiger partial charge < -0.3 is 14.4 Å². The average molecular weight is 343 g/mol. The normalized spacial score (nSPS) is 12.1. The molecule has 0 saturated carbocycles. The minimum atomic E-state index is -0.111. The molecule has 1 heterocycles. The molecule has 6 heteroatoms. The number of ether oxygens (including phenoxy) is 2. The highest BCUT2D eigenvalue weighted by Gasteiger charge is 2.31. The fourth-order valence-electron chi connectivity index (χ4n) is 2.95. The Morgan fingerprint density at radius 3 is 2.64 bits per heavy atom. The van der Waals surface area contributed by atoms with E-state index in [-0.39, 0.29) is 5.78 Å². The molecule has 2 aromatic carbocycles. The summed E-state index contributed by atoms with van der Waals surface area (Å²) in [6, 6.07) is 10.2. The van der Waals surface area contributed by atoms with Gasteiger partial charge in [-0.05, 0) is 37.8 Å². The van der Waals surface area contributed by atoms with Crippen LogP contribution < -0.4 is 19.8 Å². The first-order valence-corrected chi connectivity index (χ1v) is 8.15. The zero-order chi connectivity index (χ0) is 17.8. The number of hydrogen-bond acceptors (Lipinski definition) is 6. The average Bonchev–Trinajstić information content (AvgIpc) is 3.10. The molecular formula is C19H21NO5. The van der Waals surface area contributed by atoms with Crippen molar-refractivity contribution in [1.82, 2.24) is 0 Å². The van der Waals surface area contributed by atoms with E-state index in [9.17, 15) is 4.79 Å². The van der Waals surface area contributed by atoms with E-state index in [0.29, 0.717) is 40.7 Å². The first-order chi connectivity index (χ1) is 12.1. The van der Waals surface area contributed by atoms with E-state index in [0.717, 1.165) is 12.8 Å². The maximum atomic E-state index is 12.1. The van der Waals surface area contributed by atoms with Gasteiger partial charge in [-0.25, -0.2) is 5.48 Å². The first-order valence-electron chi connectivity index (χ1n) is 8.15. The van der Waals surface area contributed by atoms with Crippen molar-refractivity contribution in [3.8, 4) is 17.2 Å². The summed E-state index contributed by atoms with van der Waals surface area (Å²) in [5.74, 6) is 1.04. The summed E-state index contributed by atoms with van der Waals surface area (Å²) in [5.41, 5.74) is 5.66. The summed E-state index contributed by atoms with van der Waals surface area (Å²) in [6.07, 6.45) is 1.71. The van der Waals surface area contributed by atoms with E-state index in [1.165, 1.54) is 19.6 Å². The summed E-state index contributed by atoms with van der Waals surface area (Å²) in [7, 11) is 1.51. The van der Waals surface area contributed by atoms with Crippen LogP contribution in [0.25, 0.3) is 0 Å². The van der Waals surface area contributed by atoms with Crippen LogP contribution in [0.4, 0.5) is 5.69 Å². The molecule has 0 atom stereocenters. The molecule has 1 aliphatic heterocycles. The van der Waals surface area contributed by atoms with E-state index in [4.69, 9.17) is 19.3 Å². The van der Waals surface area contributed by atoms with Crippen molar-refractivity contribution in [2.45, 2.75) is 26.7 Å². The summed E-state index contributed by atoms with van der Waals surface area (Å²) in [6.45, 7) is 3.76. The number of hydrogen-bond donors (Lipinski definition) is 1. The Morgan fingerprint density at radius 2 is 1.96 bits per heavy atom. The van der Waals surface area contributed by atoms with Gasteiger partial charge in [0.2, 0.25) is 11.5 Å². The molecule has 0 radical (unpaired) electrons. The molecule has 0 amide bonds. The van der Waals surface area contributed by atoms with Gasteiger partial charge in [-0.1, -0.05) is 35.3 Å². The Bertz CT molecular complexity index is 773. The maximum absolute atomic E-state index is 12.1. The molecular weight excluding hydrogens is 322 g/mol. The van der Waals surface area contributed by atoms with Crippen LogP contribution in [0.1, 0.15) is 34.8 Å². The molecule has 0 bridgehead atoms. The predicted octanol–water partition coefficient (Wildman–Crippen LogP) is 3.87. The van der Waals surface area contributed by atoms with Crippen LogP contribution >= 0.6 is 0 Å². The smallest absolute Gasteiger partial charge is 0.239 e. The van der Waals surface area contributed by atoms with Gasteiger partial charge in [0.1, 0.15) is 5.69 Å². The van der Waals surface area contributed by atoms with Gasteiger partial charge in [0, 0.05) is 0 Å². The lowest BCUT2D eigenvalue weighted by Gasteiger charge is -2.17. The summed E-state index contributed by atoms with van der Waals surface area (Å²) >= 11 is 0. The molecule has 0 spiro atoms. The second kappa shape index (κ2) is 7.44. The molecule has 0 aliphatic carbocycles. The molecule has 2 aromatic rings. The topological polar surface area (TPSA) is 66.0 Å². The van der Waals surface area contributed by atoms with Gasteiger partial charge in [-0.15, -0.1) is 0 Å². The second-order valence-corrected chi connectivity index (χ2v) is 5.83. The lowest BCUT2D eigenvalue weighted by atomic mass is 10.0. The number of carbonyl (C=O) groups is 1. The van der Waals surface area contributed by atoms with Crippen molar-refractivity contribution in [3.05, 3.63) is 47.0 Å². The lowest BCUT2D eigenvalue weighted by Crippen LogP contribution is -2.07. The van der Waals surface area contributed by atoms with E-state index in [1.54, 1.807) is 0 Å². The Labute approximate surface area is 146 Å². The van der Waals surface area contributed by atoms with Gasteiger partial charge in [0.25, 0.3) is 0 Å². The summed E-state index contributed by atoms with van der Waals surface area (Å²) in [4.78, 5) is 22.1. The van der Waals surface area contributed by atoms with E-state index in [2.05, 4.69) is 17.6 Å². The van der Waals surface area contributed by atoms with Crippen LogP contribution in [-0.2, 0) is 11.4 Å². The lowest BCUT2D eigenvalue weighted by molar-refractivity contribution is -0.162. The molecule has 0 aromatic heterocycles. The minimum Gasteiger partial charge on any atom is -0.492 e. The summed E-state index contributed by atoms with van der Waals surface area (Å²) in [5, 5.41) is 0. The molecule has 0 unspecified atom stereocenters. The molecule has 132 valence electrons. The molecule has 0 saturated heterocycles. The van der Waals surface area contributed by atoms with Crippen molar-refractivity contribution < 1.29 is 24.1 Å². The van der Waals surface area contributed by atoms with Crippen LogP contribution in [0, 0.1) is 6.92 Å². The van der Waals surface area contributed by atoms with Crippen molar-refractivity contribution in [1.29, 1.82) is 0 Å². The third-order valence-electron chi connectivity index (χ3n) is 4.14. The minimum absolute atomic E-state index is 0.111. The fourth-order valence-corrected chi connectivity index (χ4v) is 2.95. The van der Waals surface area contributed by atoms with Crippen LogP contribution in [0.15, 0.2) is 30.3 Å². The van der Waals surface area contributed by atoms with Crippen LogP contribution in [0.2, 0.25) is 0 Å². The summed E-state index contributed by atoms with van der Waals surface area (Å²) < 4.78 is 11.4. The van der Waals surface area contributed by atoms with Gasteiger partial charge >= 0.3 is 0 Å². The maximum Gasteiger partial charge on any atom is 0.239 e. The quantitative estimate of drug-likeness (QED) is 0.468. The number of Topliss-reactive ketones (excluding diaryl/α,β-unsaturated/α-hetero) is 1. The molecule has 3 rings (SSSR count). The Hall–Kier alpha value is -2.73. The number of aryl methyl sites for hydroxylation is 1. The monoisotopic (exact) mass is 343 g/mol. The Kier molecular flexibility index (Phi) is 5.09. The van der Waals surface area contributed by atoms with Gasteiger partial charge in [-0.2, -0.15) is 0 Å². The standard InChI is InChI=1S/C19H21NO5/c1-12-15(13(2)21)17(22-3)19(18-16(12)20-25-24-18)23-11-7-10-14-8-5-4-6-9-14/h4-6,8-9,20H,7,10-11H2,1-3H3. The number of methoxy groups -OCH3 is 1. The van der Waals surface area contributed by atoms with Gasteiger partial charge in [0.05, 0.1) is 19.3 Å². The van der Waals surface area contributed by atoms with Gasteiger partial charge in [0.15, 0.2) is 11.5 Å². The van der Waals surface area contributed by atoms with E-state index < -0.39 is 0 Å². The Morgan fingerprint density at radius 1 is 1.20 bits per heavy atom. The first kappa shape index (κ1) is 17.1. The number of nitrogens with one attached hydrogen (secondary N) is 1. The van der Waals surface area contributed by atoms with Crippen molar-refractivity contribution >= 4 is 11.5 Å². The van der Waals surface area contributed by atoms with Crippen LogP contribution in [-0.4, -0.2) is 19.5 Å². The zero-order valence-corrected chi connectivity index (χ0v) is 14.5. The Balaban J connectivity index is 1.81. The SMILES string of the molecule is COc1c(OCCCc2ccccc2)c2c(c(C)c1C(C)=O)NOO2. The number of rotatable bonds is 7. The van der Waals surface area contributed by atoms with E-state index >= 15 is 0 Å². The molecule has 25 heavy (non-hydrogen) atoms. The fraction of sp³-hybridized carbons (Fsp3) is 0.316. The highest BCUT2D eigenvalue weighted by atomic mass is 17.3. The van der Waals surface area contributed by atoms with Crippen molar-refractivity contribution in [2.24, 2.45) is 0 Å². The number of ketones is 1. The molecule has 1 aliphatic rings.